The van der Waals surface area contributed by atoms with E-state index in [0.29, 0.717) is 0 Å². The lowest BCUT2D eigenvalue weighted by Crippen LogP contribution is -2.36. The zero-order valence-electron chi connectivity index (χ0n) is 5.41. The van der Waals surface area contributed by atoms with Crippen molar-refractivity contribution in [3.8, 4) is 0 Å². The highest BCUT2D eigenvalue weighted by Crippen LogP contribution is 1.91. The third-order valence-electron chi connectivity index (χ3n) is 0.652. The molecule has 1 unspecified atom stereocenters. The van der Waals surface area contributed by atoms with E-state index in [0.717, 1.165) is 6.26 Å². The Morgan fingerprint density at radius 3 is 2.64 bits per heavy atom. The summed E-state index contributed by atoms with van der Waals surface area (Å²) in [6, 6.07) is 0. The van der Waals surface area contributed by atoms with Crippen LogP contribution in [-0.2, 0) is 9.53 Å². The molecule has 0 aliphatic rings. The normalized spacial score (nSPS) is 11.4. The fraction of sp³-hybridized carbons (Fsp3) is 0.200. The fourth-order valence-electron chi connectivity index (χ4n) is 0.275. The first-order chi connectivity index (χ1) is 5.07. The van der Waals surface area contributed by atoms with E-state index in [2.05, 4.69) is 11.3 Å². The van der Waals surface area contributed by atoms with Crippen molar-refractivity contribution in [1.29, 1.82) is 0 Å². The third kappa shape index (κ3) is 4.21. The molecule has 2 N–H and O–H groups in total. The van der Waals surface area contributed by atoms with Gasteiger partial charge in [-0.2, -0.15) is 0 Å². The number of alkyl halides is 1. The van der Waals surface area contributed by atoms with Crippen LogP contribution in [0.1, 0.15) is 0 Å². The van der Waals surface area contributed by atoms with E-state index in [1.165, 1.54) is 0 Å². The van der Waals surface area contributed by atoms with E-state index >= 15 is 0 Å². The van der Waals surface area contributed by atoms with Crippen LogP contribution in [0.15, 0.2) is 12.8 Å². The molecule has 6 heteroatoms. The number of carboxylic acid groups (broad SMARTS) is 1. The summed E-state index contributed by atoms with van der Waals surface area (Å²) < 4.78 is 4.13. The fourth-order valence-corrected chi connectivity index (χ4v) is 0.364. The van der Waals surface area contributed by atoms with Gasteiger partial charge in [-0.25, -0.2) is 9.59 Å². The van der Waals surface area contributed by atoms with E-state index in [9.17, 15) is 9.59 Å². The van der Waals surface area contributed by atoms with E-state index < -0.39 is 17.6 Å². The van der Waals surface area contributed by atoms with Gasteiger partial charge in [0.25, 0.3) is 0 Å². The van der Waals surface area contributed by atoms with Crippen molar-refractivity contribution in [2.45, 2.75) is 5.50 Å². The van der Waals surface area contributed by atoms with E-state index in [-0.39, 0.29) is 0 Å². The van der Waals surface area contributed by atoms with Crippen molar-refractivity contribution in [2.75, 3.05) is 0 Å². The number of alkyl carbamates (subject to hydrolysis) is 1. The van der Waals surface area contributed by atoms with Crippen molar-refractivity contribution in [3.63, 3.8) is 0 Å². The number of amides is 1. The standard InChI is InChI=1S/C5H6ClNO4/c1-2-11-5(10)7-3(6)4(8)9/h2-3H,1H2,(H,7,10)(H,8,9). The van der Waals surface area contributed by atoms with Crippen LogP contribution in [0.3, 0.4) is 0 Å². The molecule has 62 valence electrons. The van der Waals surface area contributed by atoms with Crippen molar-refractivity contribution in [2.24, 2.45) is 0 Å². The van der Waals surface area contributed by atoms with Gasteiger partial charge in [0.1, 0.15) is 0 Å². The van der Waals surface area contributed by atoms with Gasteiger partial charge in [0, 0.05) is 0 Å². The molecule has 0 saturated carbocycles. The van der Waals surface area contributed by atoms with Crippen LogP contribution in [0.5, 0.6) is 0 Å². The van der Waals surface area contributed by atoms with Crippen LogP contribution in [0.4, 0.5) is 4.79 Å². The average Bonchev–Trinajstić information content (AvgIpc) is 1.87. The van der Waals surface area contributed by atoms with Crippen LogP contribution in [0.2, 0.25) is 0 Å². The Morgan fingerprint density at radius 2 is 2.27 bits per heavy atom. The van der Waals surface area contributed by atoms with Crippen molar-refractivity contribution >= 4 is 23.7 Å². The van der Waals surface area contributed by atoms with Crippen LogP contribution in [0.25, 0.3) is 0 Å². The molecule has 0 aromatic heterocycles. The second kappa shape index (κ2) is 4.56. The molecule has 0 aromatic carbocycles. The molecule has 1 atom stereocenters. The van der Waals surface area contributed by atoms with E-state index in [1.54, 1.807) is 0 Å². The maximum absolute atomic E-state index is 10.4. The van der Waals surface area contributed by atoms with Crippen LogP contribution >= 0.6 is 11.6 Å². The summed E-state index contributed by atoms with van der Waals surface area (Å²) in [7, 11) is 0. The van der Waals surface area contributed by atoms with Crippen molar-refractivity contribution < 1.29 is 19.4 Å². The molecular weight excluding hydrogens is 174 g/mol. The quantitative estimate of drug-likeness (QED) is 0.376. The highest BCUT2D eigenvalue weighted by Gasteiger charge is 2.15. The first-order valence-corrected chi connectivity index (χ1v) is 2.96. The summed E-state index contributed by atoms with van der Waals surface area (Å²) in [4.78, 5) is 20.4. The second-order valence-electron chi connectivity index (χ2n) is 1.42. The lowest BCUT2D eigenvalue weighted by molar-refractivity contribution is -0.137. The molecule has 5 nitrogen and oxygen atoms in total. The number of carboxylic acids is 1. The van der Waals surface area contributed by atoms with Crippen LogP contribution in [0, 0.1) is 0 Å². The van der Waals surface area contributed by atoms with Gasteiger partial charge >= 0.3 is 12.1 Å². The maximum Gasteiger partial charge on any atom is 0.413 e. The van der Waals surface area contributed by atoms with Crippen molar-refractivity contribution in [1.82, 2.24) is 5.32 Å². The van der Waals surface area contributed by atoms with Crippen LogP contribution < -0.4 is 5.32 Å². The summed E-state index contributed by atoms with van der Waals surface area (Å²) in [6.45, 7) is 3.08. The number of aliphatic carboxylic acids is 1. The molecule has 0 aliphatic carbocycles. The summed E-state index contributed by atoms with van der Waals surface area (Å²) in [5.74, 6) is -1.35. The molecule has 0 fully saturated rings. The molecule has 0 radical (unpaired) electrons. The van der Waals surface area contributed by atoms with Gasteiger partial charge in [0.05, 0.1) is 6.26 Å². The van der Waals surface area contributed by atoms with Crippen LogP contribution in [-0.4, -0.2) is 22.7 Å². The van der Waals surface area contributed by atoms with Gasteiger partial charge in [-0.3, -0.25) is 5.32 Å². The lowest BCUT2D eigenvalue weighted by atomic mass is 10.6. The van der Waals surface area contributed by atoms with Gasteiger partial charge in [0.2, 0.25) is 5.50 Å². The molecular formula is C5H6ClNO4. The molecule has 0 spiro atoms. The number of hydrogen-bond donors (Lipinski definition) is 2. The predicted molar refractivity (Wildman–Crippen MR) is 37.1 cm³/mol. The number of ether oxygens (including phenoxy) is 1. The number of rotatable bonds is 3. The highest BCUT2D eigenvalue weighted by molar-refractivity contribution is 6.30. The Balaban J connectivity index is 3.74. The number of carbonyl (C=O) groups is 2. The van der Waals surface area contributed by atoms with Gasteiger partial charge in [0.15, 0.2) is 0 Å². The third-order valence-corrected chi connectivity index (χ3v) is 0.948. The SMILES string of the molecule is C=COC(=O)NC(Cl)C(=O)O. The minimum atomic E-state index is -1.48. The second-order valence-corrected chi connectivity index (χ2v) is 1.85. The number of carbonyl (C=O) groups excluding carboxylic acids is 1. The van der Waals surface area contributed by atoms with Gasteiger partial charge < -0.3 is 9.84 Å². The summed E-state index contributed by atoms with van der Waals surface area (Å²) in [5, 5.41) is 9.98. The Hall–Kier alpha value is -1.23. The predicted octanol–water partition coefficient (Wildman–Crippen LogP) is 0.506. The largest absolute Gasteiger partial charge is 0.479 e. The molecule has 0 saturated heterocycles. The van der Waals surface area contributed by atoms with Gasteiger partial charge in [-0.1, -0.05) is 18.2 Å². The molecule has 0 heterocycles. The Morgan fingerprint density at radius 1 is 1.73 bits per heavy atom. The van der Waals surface area contributed by atoms with Gasteiger partial charge in [-0.05, 0) is 0 Å². The number of nitrogens with one attached hydrogen (secondary N) is 1. The molecule has 11 heavy (non-hydrogen) atoms. The minimum absolute atomic E-state index is 0.862. The number of halogens is 1. The molecule has 0 bridgehead atoms. The highest BCUT2D eigenvalue weighted by atomic mass is 35.5. The summed E-state index contributed by atoms with van der Waals surface area (Å²) in [6.07, 6.45) is -0.0942. The first kappa shape index (κ1) is 9.77. The molecule has 0 aromatic rings. The molecule has 0 rings (SSSR count). The van der Waals surface area contributed by atoms with E-state index in [4.69, 9.17) is 16.7 Å². The maximum atomic E-state index is 10.4. The smallest absolute Gasteiger partial charge is 0.413 e. The monoisotopic (exact) mass is 179 g/mol. The van der Waals surface area contributed by atoms with Crippen molar-refractivity contribution in [3.05, 3.63) is 12.8 Å². The lowest BCUT2D eigenvalue weighted by Gasteiger charge is -2.04. The summed E-state index contributed by atoms with van der Waals surface area (Å²) in [5.41, 5.74) is -1.48. The Labute approximate surface area is 67.6 Å². The van der Waals surface area contributed by atoms with E-state index in [1.807, 2.05) is 5.32 Å². The number of hydrogen-bond acceptors (Lipinski definition) is 3. The Kier molecular flexibility index (Phi) is 4.05. The minimum Gasteiger partial charge on any atom is -0.479 e. The average molecular weight is 180 g/mol. The first-order valence-electron chi connectivity index (χ1n) is 2.53. The molecule has 0 aliphatic heterocycles. The Bertz CT molecular complexity index is 181. The zero-order chi connectivity index (χ0) is 8.85. The topological polar surface area (TPSA) is 75.6 Å². The van der Waals surface area contributed by atoms with Gasteiger partial charge in [-0.15, -0.1) is 0 Å². The molecule has 1 amide bonds. The summed E-state index contributed by atoms with van der Waals surface area (Å²) >= 11 is 5.10. The zero-order valence-corrected chi connectivity index (χ0v) is 6.17.